The van der Waals surface area contributed by atoms with E-state index in [0.717, 1.165) is 21.7 Å². The van der Waals surface area contributed by atoms with Crippen molar-refractivity contribution in [1.29, 1.82) is 0 Å². The standard InChI is InChI=1S/C15H25N3O3S/c1-12-8-13(2)10-14(9-12)18(22(5,20)21)11-15(19)16-6-7-17(3)4/h8-10H,6-7,11H2,1-5H3,(H,16,19). The number of hydrogen-bond acceptors (Lipinski definition) is 4. The summed E-state index contributed by atoms with van der Waals surface area (Å²) in [5, 5.41) is 2.73. The first-order valence-corrected chi connectivity index (χ1v) is 8.92. The second-order valence-electron chi connectivity index (χ2n) is 5.77. The second-order valence-corrected chi connectivity index (χ2v) is 7.68. The van der Waals surface area contributed by atoms with Crippen molar-refractivity contribution in [3.05, 3.63) is 29.3 Å². The van der Waals surface area contributed by atoms with E-state index >= 15 is 0 Å². The second kappa shape index (κ2) is 7.60. The lowest BCUT2D eigenvalue weighted by molar-refractivity contribution is -0.119. The highest BCUT2D eigenvalue weighted by Gasteiger charge is 2.21. The van der Waals surface area contributed by atoms with Crippen molar-refractivity contribution < 1.29 is 13.2 Å². The highest BCUT2D eigenvalue weighted by molar-refractivity contribution is 7.92. The Labute approximate surface area is 133 Å². The first-order chi connectivity index (χ1) is 10.1. The van der Waals surface area contributed by atoms with Gasteiger partial charge in [0.05, 0.1) is 11.9 Å². The number of anilines is 1. The molecule has 6 nitrogen and oxygen atoms in total. The van der Waals surface area contributed by atoms with Gasteiger partial charge in [-0.3, -0.25) is 9.10 Å². The van der Waals surface area contributed by atoms with Crippen molar-refractivity contribution in [3.8, 4) is 0 Å². The normalized spacial score (nSPS) is 11.5. The fourth-order valence-electron chi connectivity index (χ4n) is 2.10. The molecule has 0 fully saturated rings. The molecule has 0 unspecified atom stereocenters. The average Bonchev–Trinajstić information content (AvgIpc) is 2.32. The molecule has 7 heteroatoms. The maximum atomic E-state index is 12.0. The lowest BCUT2D eigenvalue weighted by atomic mass is 10.1. The largest absolute Gasteiger partial charge is 0.353 e. The van der Waals surface area contributed by atoms with Gasteiger partial charge in [-0.05, 0) is 51.2 Å². The summed E-state index contributed by atoms with van der Waals surface area (Å²) < 4.78 is 25.2. The Morgan fingerprint density at radius 2 is 1.68 bits per heavy atom. The molecule has 0 bridgehead atoms. The number of rotatable bonds is 7. The van der Waals surface area contributed by atoms with Gasteiger partial charge >= 0.3 is 0 Å². The van der Waals surface area contributed by atoms with E-state index in [-0.39, 0.29) is 12.5 Å². The van der Waals surface area contributed by atoms with Crippen LogP contribution in [0, 0.1) is 13.8 Å². The number of aryl methyl sites for hydroxylation is 2. The quantitative estimate of drug-likeness (QED) is 0.802. The summed E-state index contributed by atoms with van der Waals surface area (Å²) in [6.45, 7) is 4.77. The number of amides is 1. The Balaban J connectivity index is 2.89. The SMILES string of the molecule is Cc1cc(C)cc(N(CC(=O)NCCN(C)C)S(C)(=O)=O)c1. The highest BCUT2D eigenvalue weighted by Crippen LogP contribution is 2.20. The third kappa shape index (κ3) is 6.03. The zero-order valence-corrected chi connectivity index (χ0v) is 14.7. The van der Waals surface area contributed by atoms with Gasteiger partial charge in [0, 0.05) is 13.1 Å². The highest BCUT2D eigenvalue weighted by atomic mass is 32.2. The van der Waals surface area contributed by atoms with Gasteiger partial charge in [-0.25, -0.2) is 8.42 Å². The summed E-state index contributed by atoms with van der Waals surface area (Å²) in [5.74, 6) is -0.313. The van der Waals surface area contributed by atoms with Crippen LogP contribution >= 0.6 is 0 Å². The lowest BCUT2D eigenvalue weighted by Crippen LogP contribution is -2.42. The van der Waals surface area contributed by atoms with Crippen molar-refractivity contribution in [2.75, 3.05) is 44.3 Å². The minimum Gasteiger partial charge on any atom is -0.353 e. The summed E-state index contributed by atoms with van der Waals surface area (Å²) in [4.78, 5) is 13.9. The molecule has 1 N–H and O–H groups in total. The van der Waals surface area contributed by atoms with E-state index < -0.39 is 10.0 Å². The minimum atomic E-state index is -3.53. The van der Waals surface area contributed by atoms with Crippen molar-refractivity contribution in [3.63, 3.8) is 0 Å². The van der Waals surface area contributed by atoms with Crippen LogP contribution in [0.15, 0.2) is 18.2 Å². The van der Waals surface area contributed by atoms with Crippen LogP contribution in [0.2, 0.25) is 0 Å². The molecule has 0 saturated carbocycles. The molecule has 0 saturated heterocycles. The monoisotopic (exact) mass is 327 g/mol. The van der Waals surface area contributed by atoms with Crippen LogP contribution in [0.4, 0.5) is 5.69 Å². The molecule has 22 heavy (non-hydrogen) atoms. The molecule has 0 heterocycles. The number of nitrogens with zero attached hydrogens (tertiary/aromatic N) is 2. The van der Waals surface area contributed by atoms with E-state index in [1.54, 1.807) is 12.1 Å². The molecular formula is C15H25N3O3S. The average molecular weight is 327 g/mol. The summed E-state index contributed by atoms with van der Waals surface area (Å²) in [6, 6.07) is 5.49. The maximum Gasteiger partial charge on any atom is 0.240 e. The van der Waals surface area contributed by atoms with Gasteiger partial charge in [0.15, 0.2) is 0 Å². The summed E-state index contributed by atoms with van der Waals surface area (Å²) >= 11 is 0. The number of nitrogens with one attached hydrogen (secondary N) is 1. The Kier molecular flexibility index (Phi) is 6.37. The lowest BCUT2D eigenvalue weighted by Gasteiger charge is -2.23. The molecular weight excluding hydrogens is 302 g/mol. The molecule has 0 aromatic heterocycles. The van der Waals surface area contributed by atoms with Crippen LogP contribution in [-0.4, -0.2) is 59.2 Å². The van der Waals surface area contributed by atoms with Gasteiger partial charge in [0.2, 0.25) is 15.9 Å². The van der Waals surface area contributed by atoms with E-state index in [1.165, 1.54) is 0 Å². The Morgan fingerprint density at radius 1 is 1.14 bits per heavy atom. The Hall–Kier alpha value is -1.60. The van der Waals surface area contributed by atoms with Gasteiger partial charge in [-0.15, -0.1) is 0 Å². The number of carbonyl (C=O) groups is 1. The molecule has 0 atom stereocenters. The van der Waals surface area contributed by atoms with Crippen molar-refractivity contribution in [1.82, 2.24) is 10.2 Å². The van der Waals surface area contributed by atoms with Gasteiger partial charge in [0.25, 0.3) is 0 Å². The smallest absolute Gasteiger partial charge is 0.240 e. The van der Waals surface area contributed by atoms with E-state index in [9.17, 15) is 13.2 Å². The number of likely N-dealkylation sites (N-methyl/N-ethyl adjacent to an activating group) is 1. The Morgan fingerprint density at radius 3 is 2.14 bits per heavy atom. The van der Waals surface area contributed by atoms with Gasteiger partial charge in [-0.2, -0.15) is 0 Å². The molecule has 0 radical (unpaired) electrons. The van der Waals surface area contributed by atoms with Gasteiger partial charge in [0.1, 0.15) is 6.54 Å². The molecule has 1 amide bonds. The molecule has 1 aromatic rings. The predicted molar refractivity (Wildman–Crippen MR) is 89.7 cm³/mol. The summed E-state index contributed by atoms with van der Waals surface area (Å²) in [7, 11) is 0.289. The fraction of sp³-hybridized carbons (Fsp3) is 0.533. The molecule has 0 aliphatic carbocycles. The number of hydrogen-bond donors (Lipinski definition) is 1. The third-order valence-corrected chi connectivity index (χ3v) is 4.20. The fourth-order valence-corrected chi connectivity index (χ4v) is 2.94. The summed E-state index contributed by atoms with van der Waals surface area (Å²) in [6.07, 6.45) is 1.11. The van der Waals surface area contributed by atoms with Crippen LogP contribution < -0.4 is 9.62 Å². The zero-order valence-electron chi connectivity index (χ0n) is 13.9. The summed E-state index contributed by atoms with van der Waals surface area (Å²) in [5.41, 5.74) is 2.43. The van der Waals surface area contributed by atoms with Crippen LogP contribution in [0.1, 0.15) is 11.1 Å². The van der Waals surface area contributed by atoms with Crippen LogP contribution in [0.3, 0.4) is 0 Å². The van der Waals surface area contributed by atoms with Crippen molar-refractivity contribution in [2.45, 2.75) is 13.8 Å². The third-order valence-electron chi connectivity index (χ3n) is 3.06. The molecule has 1 aromatic carbocycles. The van der Waals surface area contributed by atoms with Crippen LogP contribution in [0.25, 0.3) is 0 Å². The first kappa shape index (κ1) is 18.4. The van der Waals surface area contributed by atoms with E-state index in [1.807, 2.05) is 38.9 Å². The number of sulfonamides is 1. The zero-order chi connectivity index (χ0) is 16.9. The predicted octanol–water partition coefficient (Wildman–Crippen LogP) is 0.747. The van der Waals surface area contributed by atoms with Crippen molar-refractivity contribution in [2.24, 2.45) is 0 Å². The van der Waals surface area contributed by atoms with Gasteiger partial charge < -0.3 is 10.2 Å². The topological polar surface area (TPSA) is 69.7 Å². The molecule has 124 valence electrons. The van der Waals surface area contributed by atoms with Crippen molar-refractivity contribution >= 4 is 21.6 Å². The van der Waals surface area contributed by atoms with Gasteiger partial charge in [-0.1, -0.05) is 6.07 Å². The number of carbonyl (C=O) groups excluding carboxylic acids is 1. The molecule has 0 aliphatic heterocycles. The molecule has 0 aliphatic rings. The van der Waals surface area contributed by atoms with E-state index in [2.05, 4.69) is 5.32 Å². The van der Waals surface area contributed by atoms with E-state index in [4.69, 9.17) is 0 Å². The maximum absolute atomic E-state index is 12.0. The van der Waals surface area contributed by atoms with E-state index in [0.29, 0.717) is 18.8 Å². The molecule has 1 rings (SSSR count). The van der Waals surface area contributed by atoms with Crippen LogP contribution in [-0.2, 0) is 14.8 Å². The Bertz CT molecular complexity index is 607. The first-order valence-electron chi connectivity index (χ1n) is 7.07. The van der Waals surface area contributed by atoms with Crippen LogP contribution in [0.5, 0.6) is 0 Å². The molecule has 0 spiro atoms. The minimum absolute atomic E-state index is 0.213. The number of benzene rings is 1.